The Labute approximate surface area is 150 Å². The topological polar surface area (TPSA) is 46.2 Å². The standard InChI is InChI=1S/C19H27NOS.ClH/c1-18(2,3)12-10-13(16(20)15-8-7-9-22-15)17(21)14(11-12)19(4,5)6;/h7-11,16,21H,20H2,1-6H3;1H/t16-;/m1./s1. The molecule has 3 N–H and O–H groups in total. The molecule has 0 saturated carbocycles. The SMILES string of the molecule is CC(C)(C)c1cc([C@@H](N)c2cccs2)c(O)c(C(C)(C)C)c1.Cl. The minimum Gasteiger partial charge on any atom is -0.507 e. The smallest absolute Gasteiger partial charge is 0.124 e. The number of rotatable bonds is 2. The van der Waals surface area contributed by atoms with E-state index in [-0.39, 0.29) is 29.3 Å². The van der Waals surface area contributed by atoms with Gasteiger partial charge in [0.15, 0.2) is 0 Å². The summed E-state index contributed by atoms with van der Waals surface area (Å²) in [6.07, 6.45) is 0. The maximum Gasteiger partial charge on any atom is 0.124 e. The molecule has 1 atom stereocenters. The fourth-order valence-corrected chi connectivity index (χ4v) is 3.27. The molecule has 0 unspecified atom stereocenters. The van der Waals surface area contributed by atoms with Crippen LogP contribution in [0.25, 0.3) is 0 Å². The van der Waals surface area contributed by atoms with Crippen LogP contribution in [0.5, 0.6) is 5.75 Å². The number of thiophene rings is 1. The highest BCUT2D eigenvalue weighted by Gasteiger charge is 2.27. The van der Waals surface area contributed by atoms with Gasteiger partial charge >= 0.3 is 0 Å². The van der Waals surface area contributed by atoms with Crippen molar-refractivity contribution in [3.05, 3.63) is 51.2 Å². The van der Waals surface area contributed by atoms with Crippen molar-refractivity contribution in [3.63, 3.8) is 0 Å². The van der Waals surface area contributed by atoms with Crippen LogP contribution in [0.15, 0.2) is 29.6 Å². The minimum absolute atomic E-state index is 0. The van der Waals surface area contributed by atoms with Crippen molar-refractivity contribution in [2.45, 2.75) is 58.4 Å². The number of halogens is 1. The molecule has 0 fully saturated rings. The summed E-state index contributed by atoms with van der Waals surface area (Å²) in [7, 11) is 0. The van der Waals surface area contributed by atoms with Crippen molar-refractivity contribution in [1.82, 2.24) is 0 Å². The summed E-state index contributed by atoms with van der Waals surface area (Å²) in [6, 6.07) is 7.92. The maximum atomic E-state index is 10.8. The van der Waals surface area contributed by atoms with E-state index in [9.17, 15) is 5.11 Å². The second-order valence-electron chi connectivity index (χ2n) is 7.95. The van der Waals surface area contributed by atoms with E-state index in [1.165, 1.54) is 5.56 Å². The van der Waals surface area contributed by atoms with Crippen molar-refractivity contribution in [3.8, 4) is 5.75 Å². The fraction of sp³-hybridized carbons (Fsp3) is 0.474. The lowest BCUT2D eigenvalue weighted by molar-refractivity contribution is 0.436. The molecule has 0 spiro atoms. The number of phenolic OH excluding ortho intramolecular Hbond substituents is 1. The second-order valence-corrected chi connectivity index (χ2v) is 8.93. The minimum atomic E-state index is -0.289. The van der Waals surface area contributed by atoms with E-state index >= 15 is 0 Å². The third kappa shape index (κ3) is 4.28. The molecule has 0 saturated heterocycles. The summed E-state index contributed by atoms with van der Waals surface area (Å²) in [6.45, 7) is 12.9. The molecule has 23 heavy (non-hydrogen) atoms. The molecule has 4 heteroatoms. The van der Waals surface area contributed by atoms with Gasteiger partial charge in [0.25, 0.3) is 0 Å². The van der Waals surface area contributed by atoms with Gasteiger partial charge in [0.05, 0.1) is 6.04 Å². The first-order chi connectivity index (χ1) is 10.0. The highest BCUT2D eigenvalue weighted by Crippen LogP contribution is 2.41. The van der Waals surface area contributed by atoms with Gasteiger partial charge in [0, 0.05) is 10.4 Å². The third-order valence-corrected chi connectivity index (χ3v) is 4.95. The summed E-state index contributed by atoms with van der Waals surface area (Å²) in [4.78, 5) is 1.07. The number of aromatic hydroxyl groups is 1. The largest absolute Gasteiger partial charge is 0.507 e. The van der Waals surface area contributed by atoms with Crippen molar-refractivity contribution >= 4 is 23.7 Å². The molecule has 0 amide bonds. The average Bonchev–Trinajstić information content (AvgIpc) is 2.89. The van der Waals surface area contributed by atoms with Crippen molar-refractivity contribution in [1.29, 1.82) is 0 Å². The van der Waals surface area contributed by atoms with Gasteiger partial charge in [-0.2, -0.15) is 0 Å². The summed E-state index contributed by atoms with van der Waals surface area (Å²) in [5.41, 5.74) is 9.30. The Kier molecular flexibility index (Phi) is 5.95. The Hall–Kier alpha value is -1.03. The Morgan fingerprint density at radius 1 is 1.04 bits per heavy atom. The molecule has 128 valence electrons. The quantitative estimate of drug-likeness (QED) is 0.746. The zero-order valence-corrected chi connectivity index (χ0v) is 16.4. The van der Waals surface area contributed by atoms with Crippen LogP contribution >= 0.6 is 23.7 Å². The van der Waals surface area contributed by atoms with Crippen molar-refractivity contribution in [2.75, 3.05) is 0 Å². The van der Waals surface area contributed by atoms with Crippen LogP contribution in [0.1, 0.15) is 69.2 Å². The third-order valence-electron chi connectivity index (χ3n) is 4.00. The highest BCUT2D eigenvalue weighted by molar-refractivity contribution is 7.10. The summed E-state index contributed by atoms with van der Waals surface area (Å²) in [5.74, 6) is 0.335. The van der Waals surface area contributed by atoms with Crippen molar-refractivity contribution < 1.29 is 5.11 Å². The lowest BCUT2D eigenvalue weighted by atomic mass is 9.78. The van der Waals surface area contributed by atoms with E-state index in [0.29, 0.717) is 5.75 Å². The average molecular weight is 354 g/mol. The number of hydrogen-bond donors (Lipinski definition) is 2. The Bertz CT molecular complexity index is 651. The van der Waals surface area contributed by atoms with Crippen LogP contribution in [0.2, 0.25) is 0 Å². The molecule has 0 aliphatic heterocycles. The van der Waals surface area contributed by atoms with Gasteiger partial charge in [-0.3, -0.25) is 0 Å². The molecule has 0 aliphatic carbocycles. The van der Waals surface area contributed by atoms with Gasteiger partial charge in [-0.15, -0.1) is 23.7 Å². The number of hydrogen-bond acceptors (Lipinski definition) is 3. The van der Waals surface area contributed by atoms with Gasteiger partial charge in [-0.25, -0.2) is 0 Å². The fourth-order valence-electron chi connectivity index (χ4n) is 2.52. The predicted molar refractivity (Wildman–Crippen MR) is 103 cm³/mol. The van der Waals surface area contributed by atoms with Crippen LogP contribution in [-0.2, 0) is 10.8 Å². The van der Waals surface area contributed by atoms with Crippen LogP contribution in [0.3, 0.4) is 0 Å². The van der Waals surface area contributed by atoms with E-state index < -0.39 is 0 Å². The highest BCUT2D eigenvalue weighted by atomic mass is 35.5. The molecular weight excluding hydrogens is 326 g/mol. The first kappa shape index (κ1) is 20.0. The number of phenols is 1. The Balaban J connectivity index is 0.00000264. The monoisotopic (exact) mass is 353 g/mol. The molecule has 2 nitrogen and oxygen atoms in total. The van der Waals surface area contributed by atoms with Gasteiger partial charge < -0.3 is 10.8 Å². The van der Waals surface area contributed by atoms with Crippen LogP contribution < -0.4 is 5.73 Å². The maximum absolute atomic E-state index is 10.8. The predicted octanol–water partition coefficient (Wildman–Crippen LogP) is 5.52. The van der Waals surface area contributed by atoms with E-state index in [1.807, 2.05) is 17.5 Å². The van der Waals surface area contributed by atoms with E-state index in [2.05, 4.69) is 53.7 Å². The van der Waals surface area contributed by atoms with E-state index in [0.717, 1.165) is 16.0 Å². The summed E-state index contributed by atoms with van der Waals surface area (Å²) < 4.78 is 0. The normalized spacial score (nSPS) is 13.5. The zero-order valence-electron chi connectivity index (χ0n) is 14.8. The lowest BCUT2D eigenvalue weighted by Crippen LogP contribution is -2.20. The van der Waals surface area contributed by atoms with Crippen LogP contribution in [0.4, 0.5) is 0 Å². The van der Waals surface area contributed by atoms with Crippen LogP contribution in [-0.4, -0.2) is 5.11 Å². The molecule has 0 bridgehead atoms. The Morgan fingerprint density at radius 2 is 1.65 bits per heavy atom. The molecule has 1 aromatic heterocycles. The molecule has 1 heterocycles. The van der Waals surface area contributed by atoms with E-state index in [1.54, 1.807) is 11.3 Å². The van der Waals surface area contributed by atoms with Crippen LogP contribution in [0, 0.1) is 0 Å². The lowest BCUT2D eigenvalue weighted by Gasteiger charge is -2.28. The molecule has 2 aromatic rings. The first-order valence-corrected chi connectivity index (χ1v) is 8.56. The van der Waals surface area contributed by atoms with Gasteiger partial charge in [0.1, 0.15) is 5.75 Å². The van der Waals surface area contributed by atoms with Gasteiger partial charge in [-0.05, 0) is 39.5 Å². The molecule has 0 radical (unpaired) electrons. The molecular formula is C19H28ClNOS. The number of benzene rings is 1. The second kappa shape index (κ2) is 6.84. The molecule has 1 aromatic carbocycles. The molecule has 2 rings (SSSR count). The Morgan fingerprint density at radius 3 is 2.09 bits per heavy atom. The zero-order chi connectivity index (χ0) is 16.7. The van der Waals surface area contributed by atoms with E-state index in [4.69, 9.17) is 5.73 Å². The summed E-state index contributed by atoms with van der Waals surface area (Å²) in [5, 5.41) is 12.8. The first-order valence-electron chi connectivity index (χ1n) is 7.68. The van der Waals surface area contributed by atoms with Gasteiger partial charge in [-0.1, -0.05) is 53.7 Å². The van der Waals surface area contributed by atoms with Gasteiger partial charge in [0.2, 0.25) is 0 Å². The number of nitrogens with two attached hydrogens (primary N) is 1. The van der Waals surface area contributed by atoms with Crippen molar-refractivity contribution in [2.24, 2.45) is 5.73 Å². The molecule has 0 aliphatic rings. The summed E-state index contributed by atoms with van der Waals surface area (Å²) >= 11 is 1.63.